The maximum absolute atomic E-state index is 5.72. The predicted octanol–water partition coefficient (Wildman–Crippen LogP) is 1.25. The van der Waals surface area contributed by atoms with Gasteiger partial charge in [0.05, 0.1) is 16.8 Å². The number of thiocarbonyl (C=S) groups is 1. The van der Waals surface area contributed by atoms with Gasteiger partial charge in [0, 0.05) is 12.7 Å². The number of nitrogens with zero attached hydrogens (tertiary/aromatic N) is 1. The first-order chi connectivity index (χ1) is 6.25. The summed E-state index contributed by atoms with van der Waals surface area (Å²) < 4.78 is 0. The summed E-state index contributed by atoms with van der Waals surface area (Å²) in [7, 11) is 0. The summed E-state index contributed by atoms with van der Waals surface area (Å²) in [5.74, 6) is 0. The number of hydrogen-bond donors (Lipinski definition) is 2. The first-order valence-electron chi connectivity index (χ1n) is 3.91. The molecule has 1 unspecified atom stereocenters. The number of halogens is 1. The van der Waals surface area contributed by atoms with Gasteiger partial charge in [-0.3, -0.25) is 4.98 Å². The lowest BCUT2D eigenvalue weighted by molar-refractivity contribution is 0.683. The Morgan fingerprint density at radius 2 is 2.38 bits per heavy atom. The van der Waals surface area contributed by atoms with Gasteiger partial charge in [-0.05, 0) is 24.4 Å². The van der Waals surface area contributed by atoms with E-state index in [1.54, 1.807) is 6.20 Å². The molecule has 0 saturated carbocycles. The van der Waals surface area contributed by atoms with Crippen LogP contribution in [-0.4, -0.2) is 16.6 Å². The molecule has 68 valence electrons. The molecule has 1 aliphatic rings. The van der Waals surface area contributed by atoms with E-state index in [1.807, 2.05) is 12.1 Å². The second kappa shape index (κ2) is 3.47. The van der Waals surface area contributed by atoms with Crippen LogP contribution in [0.25, 0.3) is 0 Å². The number of aromatic nitrogens is 1. The number of rotatable bonds is 1. The Hall–Kier alpha value is -0.870. The van der Waals surface area contributed by atoms with E-state index < -0.39 is 0 Å². The SMILES string of the molecule is S=C1NCC(c2ccc(Cl)cn2)N1. The van der Waals surface area contributed by atoms with Crippen LogP contribution in [0.1, 0.15) is 11.7 Å². The summed E-state index contributed by atoms with van der Waals surface area (Å²) in [6, 6.07) is 3.90. The maximum atomic E-state index is 5.72. The highest BCUT2D eigenvalue weighted by Crippen LogP contribution is 2.14. The number of pyridine rings is 1. The zero-order chi connectivity index (χ0) is 9.26. The molecule has 0 radical (unpaired) electrons. The average Bonchev–Trinajstić information content (AvgIpc) is 2.53. The third-order valence-electron chi connectivity index (χ3n) is 1.88. The predicted molar refractivity (Wildman–Crippen MR) is 55.7 cm³/mol. The summed E-state index contributed by atoms with van der Waals surface area (Å²) in [5.41, 5.74) is 0.955. The van der Waals surface area contributed by atoms with Crippen LogP contribution in [0, 0.1) is 0 Å². The van der Waals surface area contributed by atoms with Crippen LogP contribution in [0.5, 0.6) is 0 Å². The first kappa shape index (κ1) is 8.72. The van der Waals surface area contributed by atoms with Crippen LogP contribution in [-0.2, 0) is 0 Å². The highest BCUT2D eigenvalue weighted by atomic mass is 35.5. The minimum Gasteiger partial charge on any atom is -0.360 e. The van der Waals surface area contributed by atoms with Crippen molar-refractivity contribution in [2.45, 2.75) is 6.04 Å². The molecule has 0 spiro atoms. The smallest absolute Gasteiger partial charge is 0.166 e. The Morgan fingerprint density at radius 3 is 2.92 bits per heavy atom. The van der Waals surface area contributed by atoms with E-state index in [0.717, 1.165) is 12.2 Å². The van der Waals surface area contributed by atoms with Crippen LogP contribution in [0.2, 0.25) is 5.02 Å². The third kappa shape index (κ3) is 1.89. The topological polar surface area (TPSA) is 37.0 Å². The molecule has 2 heterocycles. The van der Waals surface area contributed by atoms with Crippen molar-refractivity contribution in [3.05, 3.63) is 29.0 Å². The van der Waals surface area contributed by atoms with E-state index in [9.17, 15) is 0 Å². The van der Waals surface area contributed by atoms with Gasteiger partial charge in [0.1, 0.15) is 0 Å². The van der Waals surface area contributed by atoms with Gasteiger partial charge in [-0.25, -0.2) is 0 Å². The van der Waals surface area contributed by atoms with Crippen molar-refractivity contribution in [1.29, 1.82) is 0 Å². The van der Waals surface area contributed by atoms with Crippen molar-refractivity contribution in [3.63, 3.8) is 0 Å². The van der Waals surface area contributed by atoms with Crippen LogP contribution >= 0.6 is 23.8 Å². The molecule has 3 nitrogen and oxygen atoms in total. The molecule has 1 saturated heterocycles. The lowest BCUT2D eigenvalue weighted by Crippen LogP contribution is -2.21. The van der Waals surface area contributed by atoms with Crippen molar-refractivity contribution < 1.29 is 0 Å². The molecular weight excluding hydrogens is 206 g/mol. The normalized spacial score (nSPS) is 21.0. The Morgan fingerprint density at radius 1 is 1.54 bits per heavy atom. The van der Waals surface area contributed by atoms with Crippen LogP contribution in [0.15, 0.2) is 18.3 Å². The number of nitrogens with one attached hydrogen (secondary N) is 2. The summed E-state index contributed by atoms with van der Waals surface area (Å²) in [6.45, 7) is 0.785. The Kier molecular flexibility index (Phi) is 2.33. The van der Waals surface area contributed by atoms with Gasteiger partial charge < -0.3 is 10.6 Å². The van der Waals surface area contributed by atoms with Crippen molar-refractivity contribution in [2.75, 3.05) is 6.54 Å². The standard InChI is InChI=1S/C8H8ClN3S/c9-5-1-2-6(10-3-5)7-4-11-8(13)12-7/h1-3,7H,4H2,(H2,11,12,13). The van der Waals surface area contributed by atoms with Crippen molar-refractivity contribution in [2.24, 2.45) is 0 Å². The lowest BCUT2D eigenvalue weighted by Gasteiger charge is -2.07. The van der Waals surface area contributed by atoms with E-state index in [1.165, 1.54) is 0 Å². The fourth-order valence-corrected chi connectivity index (χ4v) is 1.56. The second-order valence-corrected chi connectivity index (χ2v) is 3.65. The largest absolute Gasteiger partial charge is 0.360 e. The van der Waals surface area contributed by atoms with Crippen molar-refractivity contribution >= 4 is 28.9 Å². The molecule has 1 atom stereocenters. The molecule has 0 amide bonds. The zero-order valence-corrected chi connectivity index (χ0v) is 8.32. The second-order valence-electron chi connectivity index (χ2n) is 2.81. The first-order valence-corrected chi connectivity index (χ1v) is 4.70. The van der Waals surface area contributed by atoms with E-state index in [-0.39, 0.29) is 6.04 Å². The van der Waals surface area contributed by atoms with Crippen LogP contribution < -0.4 is 10.6 Å². The molecule has 1 aromatic rings. The van der Waals surface area contributed by atoms with E-state index >= 15 is 0 Å². The molecule has 13 heavy (non-hydrogen) atoms. The molecule has 0 aromatic carbocycles. The van der Waals surface area contributed by atoms with E-state index in [2.05, 4.69) is 15.6 Å². The van der Waals surface area contributed by atoms with Gasteiger partial charge in [-0.1, -0.05) is 11.6 Å². The molecule has 0 bridgehead atoms. The molecule has 2 rings (SSSR count). The number of hydrogen-bond acceptors (Lipinski definition) is 2. The molecule has 2 N–H and O–H groups in total. The summed E-state index contributed by atoms with van der Waals surface area (Å²) in [5, 5.41) is 7.47. The van der Waals surface area contributed by atoms with Crippen molar-refractivity contribution in [1.82, 2.24) is 15.6 Å². The molecule has 1 aliphatic heterocycles. The van der Waals surface area contributed by atoms with Gasteiger partial charge in [0.25, 0.3) is 0 Å². The van der Waals surface area contributed by atoms with E-state index in [4.69, 9.17) is 23.8 Å². The van der Waals surface area contributed by atoms with Crippen molar-refractivity contribution in [3.8, 4) is 0 Å². The average molecular weight is 214 g/mol. The monoisotopic (exact) mass is 213 g/mol. The Labute approximate surface area is 86.5 Å². The van der Waals surface area contributed by atoms with Gasteiger partial charge in [-0.15, -0.1) is 0 Å². The third-order valence-corrected chi connectivity index (χ3v) is 2.37. The minimum absolute atomic E-state index is 0.171. The minimum atomic E-state index is 0.171. The van der Waals surface area contributed by atoms with E-state index in [0.29, 0.717) is 10.1 Å². The molecule has 5 heteroatoms. The van der Waals surface area contributed by atoms with Gasteiger partial charge in [0.2, 0.25) is 0 Å². The Bertz CT molecular complexity index is 325. The van der Waals surface area contributed by atoms with Gasteiger partial charge in [-0.2, -0.15) is 0 Å². The quantitative estimate of drug-likeness (QED) is 0.689. The van der Waals surface area contributed by atoms with Crippen LogP contribution in [0.4, 0.5) is 0 Å². The summed E-state index contributed by atoms with van der Waals surface area (Å²) in [4.78, 5) is 4.20. The summed E-state index contributed by atoms with van der Waals surface area (Å²) in [6.07, 6.45) is 1.64. The zero-order valence-electron chi connectivity index (χ0n) is 6.75. The fraction of sp³-hybridized carbons (Fsp3) is 0.250. The highest BCUT2D eigenvalue weighted by Gasteiger charge is 2.19. The van der Waals surface area contributed by atoms with Crippen LogP contribution in [0.3, 0.4) is 0 Å². The fourth-order valence-electron chi connectivity index (χ4n) is 1.23. The summed E-state index contributed by atoms with van der Waals surface area (Å²) >= 11 is 10.7. The van der Waals surface area contributed by atoms with Gasteiger partial charge in [0.15, 0.2) is 5.11 Å². The highest BCUT2D eigenvalue weighted by molar-refractivity contribution is 7.80. The molecule has 1 aromatic heterocycles. The Balaban J connectivity index is 2.17. The molecular formula is C8H8ClN3S. The maximum Gasteiger partial charge on any atom is 0.166 e. The molecule has 0 aliphatic carbocycles. The molecule has 1 fully saturated rings. The lowest BCUT2D eigenvalue weighted by atomic mass is 10.2. The van der Waals surface area contributed by atoms with Gasteiger partial charge >= 0.3 is 0 Å².